The molecule has 1 aliphatic carbocycles. The molecule has 0 saturated heterocycles. The van der Waals surface area contributed by atoms with Gasteiger partial charge in [-0.15, -0.1) is 0 Å². The third-order valence-corrected chi connectivity index (χ3v) is 3.93. The van der Waals surface area contributed by atoms with Crippen molar-refractivity contribution in [2.24, 2.45) is 0 Å². The van der Waals surface area contributed by atoms with Crippen LogP contribution < -0.4 is 5.32 Å². The lowest BCUT2D eigenvalue weighted by atomic mass is 10.0. The first kappa shape index (κ1) is 10.5. The van der Waals surface area contributed by atoms with Gasteiger partial charge in [-0.25, -0.2) is 0 Å². The van der Waals surface area contributed by atoms with E-state index in [4.69, 9.17) is 11.6 Å². The van der Waals surface area contributed by atoms with Crippen molar-refractivity contribution in [1.82, 2.24) is 5.32 Å². The van der Waals surface area contributed by atoms with Gasteiger partial charge in [-0.05, 0) is 50.1 Å². The molecule has 0 unspecified atom stereocenters. The highest BCUT2D eigenvalue weighted by Gasteiger charge is 2.41. The van der Waals surface area contributed by atoms with Gasteiger partial charge in [0.25, 0.3) is 0 Å². The zero-order chi connectivity index (χ0) is 10.2. The minimum absolute atomic E-state index is 0.340. The van der Waals surface area contributed by atoms with Gasteiger partial charge < -0.3 is 5.32 Å². The van der Waals surface area contributed by atoms with Crippen molar-refractivity contribution in [2.45, 2.75) is 24.8 Å². The van der Waals surface area contributed by atoms with E-state index < -0.39 is 0 Å². The average Bonchev–Trinajstić information content (AvgIpc) is 2.92. The van der Waals surface area contributed by atoms with Crippen molar-refractivity contribution in [3.63, 3.8) is 0 Å². The van der Waals surface area contributed by atoms with E-state index in [0.717, 1.165) is 15.9 Å². The molecule has 14 heavy (non-hydrogen) atoms. The summed E-state index contributed by atoms with van der Waals surface area (Å²) in [6.45, 7) is 0. The average molecular weight is 275 g/mol. The summed E-state index contributed by atoms with van der Waals surface area (Å²) < 4.78 is 1.16. The molecule has 0 aromatic heterocycles. The Bertz CT molecular complexity index is 347. The standard InChI is InChI=1S/C11H13BrClN/c1-14-11(4-5-11)7-8-6-9(13)2-3-10(8)12/h2-3,6,14H,4-5,7H2,1H3. The van der Waals surface area contributed by atoms with Crippen LogP contribution in [0.25, 0.3) is 0 Å². The van der Waals surface area contributed by atoms with Crippen LogP contribution in [0.15, 0.2) is 22.7 Å². The number of hydrogen-bond donors (Lipinski definition) is 1. The fraction of sp³-hybridized carbons (Fsp3) is 0.455. The van der Waals surface area contributed by atoms with E-state index in [9.17, 15) is 0 Å². The van der Waals surface area contributed by atoms with Crippen molar-refractivity contribution in [1.29, 1.82) is 0 Å². The van der Waals surface area contributed by atoms with E-state index in [1.54, 1.807) is 0 Å². The van der Waals surface area contributed by atoms with Crippen LogP contribution >= 0.6 is 27.5 Å². The van der Waals surface area contributed by atoms with Crippen molar-refractivity contribution in [3.8, 4) is 0 Å². The zero-order valence-corrected chi connectivity index (χ0v) is 10.5. The molecule has 0 amide bonds. The van der Waals surface area contributed by atoms with Gasteiger partial charge in [0.05, 0.1) is 0 Å². The Labute approximate surface area is 98.0 Å². The highest BCUT2D eigenvalue weighted by molar-refractivity contribution is 9.10. The summed E-state index contributed by atoms with van der Waals surface area (Å²) in [6, 6.07) is 5.97. The highest BCUT2D eigenvalue weighted by Crippen LogP contribution is 2.39. The minimum Gasteiger partial charge on any atom is -0.314 e. The first-order valence-electron chi connectivity index (χ1n) is 4.78. The highest BCUT2D eigenvalue weighted by atomic mass is 79.9. The predicted octanol–water partition coefficient (Wildman–Crippen LogP) is 3.40. The molecule has 1 aliphatic rings. The molecule has 0 radical (unpaired) electrons. The molecule has 2 rings (SSSR count). The van der Waals surface area contributed by atoms with Gasteiger partial charge in [-0.3, -0.25) is 0 Å². The lowest BCUT2D eigenvalue weighted by Gasteiger charge is -2.15. The van der Waals surface area contributed by atoms with Crippen molar-refractivity contribution in [3.05, 3.63) is 33.3 Å². The van der Waals surface area contributed by atoms with Gasteiger partial charge >= 0.3 is 0 Å². The topological polar surface area (TPSA) is 12.0 Å². The van der Waals surface area contributed by atoms with Crippen LogP contribution in [-0.4, -0.2) is 12.6 Å². The molecular formula is C11H13BrClN. The summed E-state index contributed by atoms with van der Waals surface area (Å²) in [6.07, 6.45) is 3.59. The third kappa shape index (κ3) is 2.13. The van der Waals surface area contributed by atoms with Gasteiger partial charge in [0, 0.05) is 15.0 Å². The molecule has 3 heteroatoms. The number of halogens is 2. The first-order chi connectivity index (χ1) is 6.65. The fourth-order valence-corrected chi connectivity index (χ4v) is 2.29. The number of likely N-dealkylation sites (N-methyl/N-ethyl adjacent to an activating group) is 1. The summed E-state index contributed by atoms with van der Waals surface area (Å²) in [4.78, 5) is 0. The Morgan fingerprint density at radius 2 is 2.21 bits per heavy atom. The quantitative estimate of drug-likeness (QED) is 0.891. The molecule has 1 fully saturated rings. The van der Waals surface area contributed by atoms with E-state index in [0.29, 0.717) is 5.54 Å². The smallest absolute Gasteiger partial charge is 0.0409 e. The van der Waals surface area contributed by atoms with Crippen molar-refractivity contribution < 1.29 is 0 Å². The fourth-order valence-electron chi connectivity index (χ4n) is 1.71. The Morgan fingerprint density at radius 3 is 2.79 bits per heavy atom. The normalized spacial score (nSPS) is 18.2. The molecule has 76 valence electrons. The van der Waals surface area contributed by atoms with Crippen LogP contribution in [-0.2, 0) is 6.42 Å². The van der Waals surface area contributed by atoms with Gasteiger partial charge in [0.1, 0.15) is 0 Å². The zero-order valence-electron chi connectivity index (χ0n) is 8.11. The number of benzene rings is 1. The van der Waals surface area contributed by atoms with Crippen LogP contribution in [0.5, 0.6) is 0 Å². The van der Waals surface area contributed by atoms with E-state index in [-0.39, 0.29) is 0 Å². The third-order valence-electron chi connectivity index (χ3n) is 2.92. The summed E-state index contributed by atoms with van der Waals surface area (Å²) >= 11 is 9.52. The molecule has 0 spiro atoms. The maximum Gasteiger partial charge on any atom is 0.0409 e. The van der Waals surface area contributed by atoms with Gasteiger partial charge in [-0.1, -0.05) is 27.5 Å². The molecule has 0 heterocycles. The number of nitrogens with one attached hydrogen (secondary N) is 1. The molecule has 1 nitrogen and oxygen atoms in total. The van der Waals surface area contributed by atoms with E-state index in [1.807, 2.05) is 25.2 Å². The second-order valence-corrected chi connectivity index (χ2v) is 5.23. The van der Waals surface area contributed by atoms with E-state index in [2.05, 4.69) is 21.2 Å². The molecule has 1 aromatic carbocycles. The summed E-state index contributed by atoms with van der Waals surface area (Å²) in [5.41, 5.74) is 1.64. The summed E-state index contributed by atoms with van der Waals surface area (Å²) in [5.74, 6) is 0. The molecule has 0 aliphatic heterocycles. The van der Waals surface area contributed by atoms with Gasteiger partial charge in [0.2, 0.25) is 0 Å². The lowest BCUT2D eigenvalue weighted by molar-refractivity contribution is 0.548. The largest absolute Gasteiger partial charge is 0.314 e. The Balaban J connectivity index is 2.20. The van der Waals surface area contributed by atoms with Gasteiger partial charge in [-0.2, -0.15) is 0 Å². The van der Waals surface area contributed by atoms with Crippen LogP contribution in [0.3, 0.4) is 0 Å². The first-order valence-corrected chi connectivity index (χ1v) is 5.95. The van der Waals surface area contributed by atoms with E-state index >= 15 is 0 Å². The maximum atomic E-state index is 5.97. The molecule has 1 N–H and O–H groups in total. The minimum atomic E-state index is 0.340. The molecule has 1 saturated carbocycles. The summed E-state index contributed by atoms with van der Waals surface area (Å²) in [5, 5.41) is 4.20. The Hall–Kier alpha value is -0.0500. The van der Waals surface area contributed by atoms with E-state index in [1.165, 1.54) is 18.4 Å². The van der Waals surface area contributed by atoms with Crippen LogP contribution in [0.4, 0.5) is 0 Å². The second-order valence-electron chi connectivity index (χ2n) is 3.94. The Kier molecular flexibility index (Phi) is 2.87. The predicted molar refractivity (Wildman–Crippen MR) is 63.9 cm³/mol. The second kappa shape index (κ2) is 3.84. The monoisotopic (exact) mass is 273 g/mol. The maximum absolute atomic E-state index is 5.97. The van der Waals surface area contributed by atoms with Crippen LogP contribution in [0.2, 0.25) is 5.02 Å². The summed E-state index contributed by atoms with van der Waals surface area (Å²) in [7, 11) is 2.03. The van der Waals surface area contributed by atoms with Crippen LogP contribution in [0, 0.1) is 0 Å². The lowest BCUT2D eigenvalue weighted by Crippen LogP contribution is -2.29. The van der Waals surface area contributed by atoms with Crippen molar-refractivity contribution >= 4 is 27.5 Å². The SMILES string of the molecule is CNC1(Cc2cc(Cl)ccc2Br)CC1. The molecule has 0 atom stereocenters. The Morgan fingerprint density at radius 1 is 1.50 bits per heavy atom. The number of hydrogen-bond acceptors (Lipinski definition) is 1. The van der Waals surface area contributed by atoms with Gasteiger partial charge in [0.15, 0.2) is 0 Å². The van der Waals surface area contributed by atoms with Crippen molar-refractivity contribution in [2.75, 3.05) is 7.05 Å². The molecule has 1 aromatic rings. The van der Waals surface area contributed by atoms with Crippen LogP contribution in [0.1, 0.15) is 18.4 Å². The molecular weight excluding hydrogens is 261 g/mol. The molecule has 0 bridgehead atoms. The number of rotatable bonds is 3.